The molecule has 0 aromatic rings. The van der Waals surface area contributed by atoms with Crippen LogP contribution in [0.3, 0.4) is 0 Å². The highest BCUT2D eigenvalue weighted by Gasteiger charge is 2.13. The second-order valence-electron chi connectivity index (χ2n) is 3.04. The zero-order chi connectivity index (χ0) is 7.56. The Morgan fingerprint density at radius 3 is 2.80 bits per heavy atom. The van der Waals surface area contributed by atoms with Crippen molar-refractivity contribution in [3.63, 3.8) is 0 Å². The predicted octanol–water partition coefficient (Wildman–Crippen LogP) is 0.814. The Kier molecular flexibility index (Phi) is 2.33. The number of hydrogen-bond acceptors (Lipinski definition) is 2. The van der Waals surface area contributed by atoms with Crippen molar-refractivity contribution in [3.05, 3.63) is 12.3 Å². The van der Waals surface area contributed by atoms with E-state index in [0.29, 0.717) is 6.04 Å². The molecule has 1 saturated heterocycles. The maximum Gasteiger partial charge on any atom is 0.0326 e. The molecule has 1 heterocycles. The standard InChI is InChI=1S/C8H16N2/c1-7(2)10-5-4-9-8(3)6-10/h8-9H,1,4-6H2,2-3H3. The molecule has 0 aromatic carbocycles. The van der Waals surface area contributed by atoms with Crippen LogP contribution in [0.4, 0.5) is 0 Å². The SMILES string of the molecule is C=C(C)N1CCNC(C)C1. The van der Waals surface area contributed by atoms with E-state index in [0.717, 1.165) is 19.6 Å². The molecule has 1 aliphatic rings. The minimum Gasteiger partial charge on any atom is -0.373 e. The van der Waals surface area contributed by atoms with Crippen LogP contribution >= 0.6 is 0 Å². The van der Waals surface area contributed by atoms with Gasteiger partial charge in [0.05, 0.1) is 0 Å². The van der Waals surface area contributed by atoms with E-state index in [1.165, 1.54) is 5.70 Å². The first-order chi connectivity index (χ1) is 4.70. The van der Waals surface area contributed by atoms with Gasteiger partial charge in [-0.3, -0.25) is 0 Å². The molecular formula is C8H16N2. The number of nitrogens with zero attached hydrogens (tertiary/aromatic N) is 1. The van der Waals surface area contributed by atoms with Gasteiger partial charge in [0, 0.05) is 31.4 Å². The third-order valence-corrected chi connectivity index (χ3v) is 1.91. The van der Waals surface area contributed by atoms with Gasteiger partial charge in [0.25, 0.3) is 0 Å². The summed E-state index contributed by atoms with van der Waals surface area (Å²) in [6.07, 6.45) is 0. The minimum absolute atomic E-state index is 0.616. The van der Waals surface area contributed by atoms with Gasteiger partial charge in [-0.1, -0.05) is 6.58 Å². The average Bonchev–Trinajstić information content (AvgIpc) is 1.88. The molecule has 0 saturated carbocycles. The summed E-state index contributed by atoms with van der Waals surface area (Å²) in [4.78, 5) is 2.32. The molecule has 58 valence electrons. The molecule has 0 amide bonds. The van der Waals surface area contributed by atoms with Crippen LogP contribution in [0.15, 0.2) is 12.3 Å². The molecule has 2 nitrogen and oxygen atoms in total. The normalized spacial score (nSPS) is 26.6. The average molecular weight is 140 g/mol. The zero-order valence-corrected chi connectivity index (χ0v) is 6.85. The third-order valence-electron chi connectivity index (χ3n) is 1.91. The molecule has 1 unspecified atom stereocenters. The van der Waals surface area contributed by atoms with E-state index in [-0.39, 0.29) is 0 Å². The van der Waals surface area contributed by atoms with Crippen LogP contribution in [0.25, 0.3) is 0 Å². The van der Waals surface area contributed by atoms with Gasteiger partial charge in [-0.2, -0.15) is 0 Å². The maximum atomic E-state index is 3.91. The van der Waals surface area contributed by atoms with Crippen molar-refractivity contribution in [2.45, 2.75) is 19.9 Å². The zero-order valence-electron chi connectivity index (χ0n) is 6.85. The van der Waals surface area contributed by atoms with E-state index in [1.54, 1.807) is 0 Å². The number of allylic oxidation sites excluding steroid dienone is 1. The highest BCUT2D eigenvalue weighted by molar-refractivity contribution is 4.92. The molecule has 0 spiro atoms. The van der Waals surface area contributed by atoms with Crippen molar-refractivity contribution in [2.24, 2.45) is 0 Å². The first-order valence-electron chi connectivity index (χ1n) is 3.84. The molecule has 1 aliphatic heterocycles. The monoisotopic (exact) mass is 140 g/mol. The highest BCUT2D eigenvalue weighted by atomic mass is 15.2. The highest BCUT2D eigenvalue weighted by Crippen LogP contribution is 2.04. The summed E-state index contributed by atoms with van der Waals surface area (Å²) in [6, 6.07) is 0.616. The first kappa shape index (κ1) is 7.61. The van der Waals surface area contributed by atoms with E-state index in [4.69, 9.17) is 0 Å². The molecule has 0 aliphatic carbocycles. The fourth-order valence-corrected chi connectivity index (χ4v) is 1.28. The molecule has 10 heavy (non-hydrogen) atoms. The number of nitrogens with one attached hydrogen (secondary N) is 1. The van der Waals surface area contributed by atoms with Crippen LogP contribution in [0.1, 0.15) is 13.8 Å². The van der Waals surface area contributed by atoms with Crippen molar-refractivity contribution < 1.29 is 0 Å². The lowest BCUT2D eigenvalue weighted by Crippen LogP contribution is -2.48. The maximum absolute atomic E-state index is 3.91. The number of rotatable bonds is 1. The summed E-state index contributed by atoms with van der Waals surface area (Å²) < 4.78 is 0. The van der Waals surface area contributed by atoms with Crippen molar-refractivity contribution in [1.82, 2.24) is 10.2 Å². The molecular weight excluding hydrogens is 124 g/mol. The molecule has 1 atom stereocenters. The lowest BCUT2D eigenvalue weighted by atomic mass is 10.2. The van der Waals surface area contributed by atoms with Crippen molar-refractivity contribution >= 4 is 0 Å². The fraction of sp³-hybridized carbons (Fsp3) is 0.750. The van der Waals surface area contributed by atoms with Gasteiger partial charge in [-0.15, -0.1) is 0 Å². The van der Waals surface area contributed by atoms with Crippen LogP contribution in [0, 0.1) is 0 Å². The third kappa shape index (κ3) is 1.74. The van der Waals surface area contributed by atoms with Gasteiger partial charge >= 0.3 is 0 Å². The summed E-state index contributed by atoms with van der Waals surface area (Å²) >= 11 is 0. The largest absolute Gasteiger partial charge is 0.373 e. The summed E-state index contributed by atoms with van der Waals surface area (Å²) in [5, 5.41) is 3.38. The van der Waals surface area contributed by atoms with Gasteiger partial charge in [-0.05, 0) is 13.8 Å². The second-order valence-corrected chi connectivity index (χ2v) is 3.04. The Labute approximate surface area is 62.9 Å². The predicted molar refractivity (Wildman–Crippen MR) is 43.9 cm³/mol. The van der Waals surface area contributed by atoms with Crippen LogP contribution in [0.2, 0.25) is 0 Å². The Hall–Kier alpha value is -0.500. The molecule has 0 bridgehead atoms. The van der Waals surface area contributed by atoms with Crippen molar-refractivity contribution in [3.8, 4) is 0 Å². The number of piperazine rings is 1. The molecule has 0 aromatic heterocycles. The Balaban J connectivity index is 2.39. The Bertz CT molecular complexity index is 131. The van der Waals surface area contributed by atoms with E-state index >= 15 is 0 Å². The first-order valence-corrected chi connectivity index (χ1v) is 3.84. The van der Waals surface area contributed by atoms with Crippen LogP contribution in [-0.2, 0) is 0 Å². The molecule has 0 radical (unpaired) electrons. The van der Waals surface area contributed by atoms with E-state index in [9.17, 15) is 0 Å². The summed E-state index contributed by atoms with van der Waals surface area (Å²) in [5.74, 6) is 0. The molecule has 1 N–H and O–H groups in total. The van der Waals surface area contributed by atoms with Crippen LogP contribution in [-0.4, -0.2) is 30.6 Å². The Morgan fingerprint density at radius 1 is 1.70 bits per heavy atom. The van der Waals surface area contributed by atoms with E-state index in [2.05, 4.69) is 30.6 Å². The smallest absolute Gasteiger partial charge is 0.0326 e. The van der Waals surface area contributed by atoms with Crippen molar-refractivity contribution in [1.29, 1.82) is 0 Å². The molecule has 2 heteroatoms. The fourth-order valence-electron chi connectivity index (χ4n) is 1.28. The van der Waals surface area contributed by atoms with E-state index in [1.807, 2.05) is 0 Å². The minimum atomic E-state index is 0.616. The van der Waals surface area contributed by atoms with Gasteiger partial charge in [0.2, 0.25) is 0 Å². The van der Waals surface area contributed by atoms with Gasteiger partial charge in [-0.25, -0.2) is 0 Å². The summed E-state index contributed by atoms with van der Waals surface area (Å²) in [7, 11) is 0. The van der Waals surface area contributed by atoms with E-state index < -0.39 is 0 Å². The summed E-state index contributed by atoms with van der Waals surface area (Å²) in [6.45, 7) is 11.5. The summed E-state index contributed by atoms with van der Waals surface area (Å²) in [5.41, 5.74) is 1.19. The molecule has 1 fully saturated rings. The van der Waals surface area contributed by atoms with Gasteiger partial charge in [0.15, 0.2) is 0 Å². The quantitative estimate of drug-likeness (QED) is 0.580. The van der Waals surface area contributed by atoms with Gasteiger partial charge < -0.3 is 10.2 Å². The lowest BCUT2D eigenvalue weighted by Gasteiger charge is -2.33. The van der Waals surface area contributed by atoms with Crippen LogP contribution < -0.4 is 5.32 Å². The second kappa shape index (κ2) is 3.06. The van der Waals surface area contributed by atoms with Gasteiger partial charge in [0.1, 0.15) is 0 Å². The van der Waals surface area contributed by atoms with Crippen molar-refractivity contribution in [2.75, 3.05) is 19.6 Å². The lowest BCUT2D eigenvalue weighted by molar-refractivity contribution is 0.257. The van der Waals surface area contributed by atoms with Crippen LogP contribution in [0.5, 0.6) is 0 Å². The Morgan fingerprint density at radius 2 is 2.40 bits per heavy atom. The topological polar surface area (TPSA) is 15.3 Å². The molecule has 1 rings (SSSR count). The number of hydrogen-bond donors (Lipinski definition) is 1.